The molecule has 0 radical (unpaired) electrons. The van der Waals surface area contributed by atoms with Crippen LogP contribution in [0.2, 0.25) is 5.02 Å². The Balaban J connectivity index is 2.13. The average Bonchev–Trinajstić information content (AvgIpc) is 2.83. The number of aromatic nitrogens is 3. The minimum Gasteiger partial charge on any atom is -0.294 e. The van der Waals surface area contributed by atoms with Crippen molar-refractivity contribution < 1.29 is 4.79 Å². The molecule has 0 saturated carbocycles. The first-order valence-electron chi connectivity index (χ1n) is 6.89. The normalized spacial score (nSPS) is 14.4. The molecule has 1 aromatic carbocycles. The molecule has 1 aliphatic rings. The van der Waals surface area contributed by atoms with Crippen molar-refractivity contribution in [3.8, 4) is 5.95 Å². The van der Waals surface area contributed by atoms with Crippen LogP contribution in [0.15, 0.2) is 36.7 Å². The first kappa shape index (κ1) is 12.5. The molecule has 0 spiro atoms. The lowest BCUT2D eigenvalue weighted by molar-refractivity contribution is 0.0973. The van der Waals surface area contributed by atoms with Gasteiger partial charge in [-0.15, -0.1) is 0 Å². The second-order valence-electron chi connectivity index (χ2n) is 5.14. The van der Waals surface area contributed by atoms with Crippen LogP contribution < -0.4 is 0 Å². The Labute approximate surface area is 126 Å². The van der Waals surface area contributed by atoms with E-state index in [1.165, 1.54) is 0 Å². The summed E-state index contributed by atoms with van der Waals surface area (Å²) in [6.07, 6.45) is 5.73. The zero-order valence-electron chi connectivity index (χ0n) is 11.2. The van der Waals surface area contributed by atoms with Gasteiger partial charge in [0.1, 0.15) is 0 Å². The molecule has 0 fully saturated rings. The van der Waals surface area contributed by atoms with Crippen molar-refractivity contribution in [1.29, 1.82) is 0 Å². The first-order chi connectivity index (χ1) is 10.3. The summed E-state index contributed by atoms with van der Waals surface area (Å²) in [4.78, 5) is 21.0. The fourth-order valence-corrected chi connectivity index (χ4v) is 3.21. The van der Waals surface area contributed by atoms with Crippen molar-refractivity contribution in [3.05, 3.63) is 52.9 Å². The lowest BCUT2D eigenvalue weighted by Crippen LogP contribution is -2.13. The molecule has 0 unspecified atom stereocenters. The molecule has 21 heavy (non-hydrogen) atoms. The van der Waals surface area contributed by atoms with Gasteiger partial charge in [-0.05, 0) is 37.1 Å². The van der Waals surface area contributed by atoms with Gasteiger partial charge in [0.05, 0.1) is 5.52 Å². The van der Waals surface area contributed by atoms with Crippen LogP contribution in [0, 0.1) is 0 Å². The van der Waals surface area contributed by atoms with Crippen LogP contribution in [0.4, 0.5) is 0 Å². The minimum absolute atomic E-state index is 0.179. The van der Waals surface area contributed by atoms with Gasteiger partial charge in [-0.1, -0.05) is 11.6 Å². The zero-order valence-corrected chi connectivity index (χ0v) is 12.0. The molecule has 0 aliphatic heterocycles. The predicted octanol–water partition coefficient (Wildman–Crippen LogP) is 3.59. The third-order valence-corrected chi connectivity index (χ3v) is 4.11. The van der Waals surface area contributed by atoms with Crippen LogP contribution in [0.1, 0.15) is 28.9 Å². The summed E-state index contributed by atoms with van der Waals surface area (Å²) in [5.74, 6) is 0.777. The van der Waals surface area contributed by atoms with E-state index in [0.29, 0.717) is 17.4 Å². The number of ketones is 1. The van der Waals surface area contributed by atoms with E-state index in [-0.39, 0.29) is 5.78 Å². The number of rotatable bonds is 1. The molecule has 0 saturated heterocycles. The highest BCUT2D eigenvalue weighted by Gasteiger charge is 2.27. The third-order valence-electron chi connectivity index (χ3n) is 3.88. The highest BCUT2D eigenvalue weighted by atomic mass is 35.5. The molecule has 0 N–H and O–H groups in total. The van der Waals surface area contributed by atoms with E-state index in [4.69, 9.17) is 11.6 Å². The van der Waals surface area contributed by atoms with Crippen LogP contribution >= 0.6 is 11.6 Å². The van der Waals surface area contributed by atoms with Crippen molar-refractivity contribution in [2.75, 3.05) is 0 Å². The summed E-state index contributed by atoms with van der Waals surface area (Å²) in [5, 5.41) is 1.53. The highest BCUT2D eigenvalue weighted by molar-refractivity contribution is 6.31. The molecule has 104 valence electrons. The standard InChI is InChI=1S/C16H12ClN3O/c17-10-5-6-12-11(9-10)15-13(3-1-4-14(15)21)20(12)16-18-7-2-8-19-16/h2,5-9H,1,3-4H2. The number of benzene rings is 1. The molecule has 4 nitrogen and oxygen atoms in total. The molecule has 5 heteroatoms. The minimum atomic E-state index is 0.179. The Morgan fingerprint density at radius 2 is 1.95 bits per heavy atom. The van der Waals surface area contributed by atoms with E-state index in [1.54, 1.807) is 18.5 Å². The molecule has 1 aliphatic carbocycles. The second-order valence-corrected chi connectivity index (χ2v) is 5.58. The van der Waals surface area contributed by atoms with Crippen LogP contribution in [0.5, 0.6) is 0 Å². The van der Waals surface area contributed by atoms with Crippen LogP contribution in [0.25, 0.3) is 16.9 Å². The van der Waals surface area contributed by atoms with Gasteiger partial charge in [0.2, 0.25) is 5.95 Å². The predicted molar refractivity (Wildman–Crippen MR) is 81.1 cm³/mol. The fourth-order valence-electron chi connectivity index (χ4n) is 3.04. The van der Waals surface area contributed by atoms with Gasteiger partial charge in [0.15, 0.2) is 5.78 Å². The topological polar surface area (TPSA) is 47.8 Å². The molecular formula is C16H12ClN3O. The van der Waals surface area contributed by atoms with Crippen molar-refractivity contribution in [3.63, 3.8) is 0 Å². The molecule has 0 atom stereocenters. The monoisotopic (exact) mass is 297 g/mol. The molecule has 2 aromatic heterocycles. The number of hydrogen-bond donors (Lipinski definition) is 0. The van der Waals surface area contributed by atoms with Gasteiger partial charge in [-0.3, -0.25) is 9.36 Å². The van der Waals surface area contributed by atoms with Gasteiger partial charge in [-0.25, -0.2) is 9.97 Å². The summed E-state index contributed by atoms with van der Waals surface area (Å²) in [7, 11) is 0. The van der Waals surface area contributed by atoms with Crippen LogP contribution in [0.3, 0.4) is 0 Å². The maximum atomic E-state index is 12.4. The van der Waals surface area contributed by atoms with E-state index >= 15 is 0 Å². The molecule has 0 amide bonds. The van der Waals surface area contributed by atoms with Crippen molar-refractivity contribution in [2.24, 2.45) is 0 Å². The smallest absolute Gasteiger partial charge is 0.234 e. The van der Waals surface area contributed by atoms with Crippen LogP contribution in [-0.2, 0) is 6.42 Å². The lowest BCUT2D eigenvalue weighted by atomic mass is 9.94. The molecule has 2 heterocycles. The molecule has 0 bridgehead atoms. The summed E-state index contributed by atoms with van der Waals surface area (Å²) in [6.45, 7) is 0. The highest BCUT2D eigenvalue weighted by Crippen LogP contribution is 2.34. The van der Waals surface area contributed by atoms with E-state index in [2.05, 4.69) is 9.97 Å². The van der Waals surface area contributed by atoms with E-state index < -0.39 is 0 Å². The molecule has 3 aromatic rings. The maximum Gasteiger partial charge on any atom is 0.234 e. The van der Waals surface area contributed by atoms with Gasteiger partial charge >= 0.3 is 0 Å². The van der Waals surface area contributed by atoms with Gasteiger partial charge in [0.25, 0.3) is 0 Å². The lowest BCUT2D eigenvalue weighted by Gasteiger charge is -2.13. The number of nitrogens with zero attached hydrogens (tertiary/aromatic N) is 3. The second kappa shape index (κ2) is 4.67. The number of hydrogen-bond acceptors (Lipinski definition) is 3. The maximum absolute atomic E-state index is 12.4. The summed E-state index contributed by atoms with van der Waals surface area (Å²) in [6, 6.07) is 7.40. The van der Waals surface area contributed by atoms with Crippen molar-refractivity contribution in [1.82, 2.24) is 14.5 Å². The molecule has 4 rings (SSSR count). The van der Waals surface area contributed by atoms with E-state index in [0.717, 1.165) is 35.0 Å². The van der Waals surface area contributed by atoms with Gasteiger partial charge in [0, 0.05) is 40.5 Å². The Kier molecular flexibility index (Phi) is 2.79. The number of carbonyl (C=O) groups excluding carboxylic acids is 1. The first-order valence-corrected chi connectivity index (χ1v) is 7.27. The van der Waals surface area contributed by atoms with Crippen molar-refractivity contribution in [2.45, 2.75) is 19.3 Å². The summed E-state index contributed by atoms with van der Waals surface area (Å²) < 4.78 is 1.98. The number of halogens is 1. The Morgan fingerprint density at radius 1 is 1.14 bits per heavy atom. The molecular weight excluding hydrogens is 286 g/mol. The van der Waals surface area contributed by atoms with Gasteiger partial charge < -0.3 is 0 Å². The van der Waals surface area contributed by atoms with E-state index in [9.17, 15) is 4.79 Å². The van der Waals surface area contributed by atoms with Crippen LogP contribution in [-0.4, -0.2) is 20.3 Å². The quantitative estimate of drug-likeness (QED) is 0.689. The Morgan fingerprint density at radius 3 is 2.76 bits per heavy atom. The van der Waals surface area contributed by atoms with Crippen molar-refractivity contribution >= 4 is 28.3 Å². The number of Topliss-reactive ketones (excluding diaryl/α,β-unsaturated/α-hetero) is 1. The largest absolute Gasteiger partial charge is 0.294 e. The van der Waals surface area contributed by atoms with E-state index in [1.807, 2.05) is 22.8 Å². The third kappa shape index (κ3) is 1.87. The van der Waals surface area contributed by atoms with Gasteiger partial charge in [-0.2, -0.15) is 0 Å². The summed E-state index contributed by atoms with van der Waals surface area (Å²) in [5.41, 5.74) is 2.71. The number of fused-ring (bicyclic) bond motifs is 3. The Bertz CT molecular complexity index is 855. The fraction of sp³-hybridized carbons (Fsp3) is 0.188. The Hall–Kier alpha value is -2.20. The average molecular weight is 298 g/mol. The number of carbonyl (C=O) groups is 1. The summed E-state index contributed by atoms with van der Waals surface area (Å²) >= 11 is 6.11. The SMILES string of the molecule is O=C1CCCc2c1c1cc(Cl)ccc1n2-c1ncccn1. The zero-order chi connectivity index (χ0) is 14.4.